The summed E-state index contributed by atoms with van der Waals surface area (Å²) in [4.78, 5) is 0. The van der Waals surface area contributed by atoms with Gasteiger partial charge in [-0.3, -0.25) is 0 Å². The second-order valence-electron chi connectivity index (χ2n) is 4.45. The summed E-state index contributed by atoms with van der Waals surface area (Å²) in [6.45, 7) is 5.93. The Bertz CT molecular complexity index is 461. The van der Waals surface area contributed by atoms with Gasteiger partial charge in [-0.05, 0) is 31.0 Å². The van der Waals surface area contributed by atoms with Crippen LogP contribution in [0.1, 0.15) is 30.7 Å². The number of nitrogens with one attached hydrogen (secondary N) is 1. The summed E-state index contributed by atoms with van der Waals surface area (Å²) < 4.78 is 5.54. The molecule has 0 amide bonds. The van der Waals surface area contributed by atoms with Crippen molar-refractivity contribution in [2.75, 3.05) is 0 Å². The van der Waals surface area contributed by atoms with Gasteiger partial charge in [0.15, 0.2) is 0 Å². The highest BCUT2D eigenvalue weighted by atomic mass is 16.3. The van der Waals surface area contributed by atoms with Gasteiger partial charge in [0.25, 0.3) is 0 Å². The molecule has 18 heavy (non-hydrogen) atoms. The van der Waals surface area contributed by atoms with Gasteiger partial charge in [-0.1, -0.05) is 36.4 Å². The van der Waals surface area contributed by atoms with Gasteiger partial charge in [0.1, 0.15) is 5.76 Å². The van der Waals surface area contributed by atoms with Crippen molar-refractivity contribution in [3.05, 3.63) is 72.7 Å². The molecule has 0 radical (unpaired) electrons. The Morgan fingerprint density at radius 2 is 2.00 bits per heavy atom. The van der Waals surface area contributed by atoms with Crippen molar-refractivity contribution >= 4 is 0 Å². The summed E-state index contributed by atoms with van der Waals surface area (Å²) in [6, 6.07) is 14.7. The molecule has 2 unspecified atom stereocenters. The van der Waals surface area contributed by atoms with E-state index in [2.05, 4.69) is 31.0 Å². The van der Waals surface area contributed by atoms with E-state index >= 15 is 0 Å². The van der Waals surface area contributed by atoms with Gasteiger partial charge in [-0.25, -0.2) is 0 Å². The van der Waals surface area contributed by atoms with Crippen molar-refractivity contribution in [1.29, 1.82) is 0 Å². The zero-order valence-corrected chi connectivity index (χ0v) is 10.7. The van der Waals surface area contributed by atoms with Crippen LogP contribution in [0.4, 0.5) is 0 Å². The predicted octanol–water partition coefficient (Wildman–Crippen LogP) is 3.92. The van der Waals surface area contributed by atoms with Crippen molar-refractivity contribution in [2.45, 2.75) is 25.4 Å². The molecular formula is C16H19NO. The fourth-order valence-corrected chi connectivity index (χ4v) is 2.05. The van der Waals surface area contributed by atoms with Crippen LogP contribution in [0, 0.1) is 0 Å². The normalized spacial score (nSPS) is 14.1. The molecule has 1 aromatic carbocycles. The van der Waals surface area contributed by atoms with Crippen LogP contribution in [-0.2, 0) is 0 Å². The van der Waals surface area contributed by atoms with Crippen LogP contribution >= 0.6 is 0 Å². The highest BCUT2D eigenvalue weighted by molar-refractivity contribution is 5.26. The SMILES string of the molecule is C=CCC(C)NC(c1ccccc1)c1ccco1. The first-order chi connectivity index (χ1) is 8.81. The second-order valence-corrected chi connectivity index (χ2v) is 4.45. The van der Waals surface area contributed by atoms with Crippen molar-refractivity contribution < 1.29 is 4.42 Å². The topological polar surface area (TPSA) is 25.2 Å². The van der Waals surface area contributed by atoms with Gasteiger partial charge in [-0.15, -0.1) is 6.58 Å². The Morgan fingerprint density at radius 1 is 1.22 bits per heavy atom. The van der Waals surface area contributed by atoms with E-state index in [0.717, 1.165) is 12.2 Å². The molecule has 0 aliphatic rings. The maximum Gasteiger partial charge on any atom is 0.125 e. The van der Waals surface area contributed by atoms with E-state index in [1.54, 1.807) is 6.26 Å². The zero-order valence-electron chi connectivity index (χ0n) is 10.7. The van der Waals surface area contributed by atoms with Gasteiger partial charge in [-0.2, -0.15) is 0 Å². The predicted molar refractivity (Wildman–Crippen MR) is 74.4 cm³/mol. The summed E-state index contributed by atoms with van der Waals surface area (Å²) in [5.41, 5.74) is 1.21. The molecule has 2 nitrogen and oxygen atoms in total. The Labute approximate surface area is 108 Å². The minimum atomic E-state index is 0.0937. The van der Waals surface area contributed by atoms with Gasteiger partial charge in [0, 0.05) is 6.04 Å². The van der Waals surface area contributed by atoms with Crippen LogP contribution in [0.3, 0.4) is 0 Å². The minimum Gasteiger partial charge on any atom is -0.467 e. The van der Waals surface area contributed by atoms with Gasteiger partial charge < -0.3 is 9.73 Å². The van der Waals surface area contributed by atoms with Crippen LogP contribution in [0.25, 0.3) is 0 Å². The maximum absolute atomic E-state index is 5.54. The first-order valence-corrected chi connectivity index (χ1v) is 6.26. The monoisotopic (exact) mass is 241 g/mol. The van der Waals surface area contributed by atoms with Gasteiger partial charge in [0.05, 0.1) is 12.3 Å². The Morgan fingerprint density at radius 3 is 2.61 bits per heavy atom. The summed E-state index contributed by atoms with van der Waals surface area (Å²) in [6.07, 6.45) is 4.58. The number of rotatable bonds is 6. The molecule has 0 saturated carbocycles. The fraction of sp³-hybridized carbons (Fsp3) is 0.250. The van der Waals surface area contributed by atoms with Crippen LogP contribution in [-0.4, -0.2) is 6.04 Å². The Balaban J connectivity index is 2.21. The maximum atomic E-state index is 5.54. The standard InChI is InChI=1S/C16H19NO/c1-3-8-13(2)17-16(15-11-7-12-18-15)14-9-5-4-6-10-14/h3-7,9-13,16-17H,1,8H2,2H3. The molecule has 2 rings (SSSR count). The molecule has 2 aromatic rings. The van der Waals surface area contributed by atoms with Crippen molar-refractivity contribution in [2.24, 2.45) is 0 Å². The third-order valence-electron chi connectivity index (χ3n) is 2.93. The lowest BCUT2D eigenvalue weighted by atomic mass is 10.0. The molecule has 0 fully saturated rings. The average molecular weight is 241 g/mol. The smallest absolute Gasteiger partial charge is 0.125 e. The Hall–Kier alpha value is -1.80. The lowest BCUT2D eigenvalue weighted by molar-refractivity contribution is 0.415. The molecule has 2 atom stereocenters. The van der Waals surface area contributed by atoms with Gasteiger partial charge >= 0.3 is 0 Å². The van der Waals surface area contributed by atoms with Crippen molar-refractivity contribution in [3.63, 3.8) is 0 Å². The van der Waals surface area contributed by atoms with E-state index in [0.29, 0.717) is 6.04 Å². The zero-order chi connectivity index (χ0) is 12.8. The third kappa shape index (κ3) is 3.11. The number of benzene rings is 1. The molecule has 0 aliphatic heterocycles. The molecule has 2 heteroatoms. The average Bonchev–Trinajstić information content (AvgIpc) is 2.91. The Kier molecular flexibility index (Phi) is 4.37. The van der Waals surface area contributed by atoms with Crippen LogP contribution in [0.15, 0.2) is 65.8 Å². The summed E-state index contributed by atoms with van der Waals surface area (Å²) in [5, 5.41) is 3.57. The highest BCUT2D eigenvalue weighted by Gasteiger charge is 2.17. The van der Waals surface area contributed by atoms with E-state index in [1.165, 1.54) is 5.56 Å². The molecule has 1 N–H and O–H groups in total. The van der Waals surface area contributed by atoms with Crippen molar-refractivity contribution in [1.82, 2.24) is 5.32 Å². The van der Waals surface area contributed by atoms with Crippen molar-refractivity contribution in [3.8, 4) is 0 Å². The lowest BCUT2D eigenvalue weighted by Crippen LogP contribution is -2.30. The van der Waals surface area contributed by atoms with E-state index in [4.69, 9.17) is 4.42 Å². The van der Waals surface area contributed by atoms with E-state index in [1.807, 2.05) is 36.4 Å². The third-order valence-corrected chi connectivity index (χ3v) is 2.93. The second kappa shape index (κ2) is 6.22. The van der Waals surface area contributed by atoms with Crippen LogP contribution < -0.4 is 5.32 Å². The minimum absolute atomic E-state index is 0.0937. The number of furan rings is 1. The molecule has 0 bridgehead atoms. The molecule has 0 aliphatic carbocycles. The molecular weight excluding hydrogens is 222 g/mol. The molecule has 0 saturated heterocycles. The lowest BCUT2D eigenvalue weighted by Gasteiger charge is -2.21. The van der Waals surface area contributed by atoms with E-state index in [9.17, 15) is 0 Å². The molecule has 0 spiro atoms. The van der Waals surface area contributed by atoms with Crippen LogP contribution in [0.5, 0.6) is 0 Å². The van der Waals surface area contributed by atoms with E-state index in [-0.39, 0.29) is 6.04 Å². The summed E-state index contributed by atoms with van der Waals surface area (Å²) in [7, 11) is 0. The van der Waals surface area contributed by atoms with Gasteiger partial charge in [0.2, 0.25) is 0 Å². The van der Waals surface area contributed by atoms with E-state index < -0.39 is 0 Å². The molecule has 1 aromatic heterocycles. The van der Waals surface area contributed by atoms with Crippen LogP contribution in [0.2, 0.25) is 0 Å². The fourth-order valence-electron chi connectivity index (χ4n) is 2.05. The first kappa shape index (κ1) is 12.7. The number of hydrogen-bond acceptors (Lipinski definition) is 2. The molecule has 94 valence electrons. The highest BCUT2D eigenvalue weighted by Crippen LogP contribution is 2.23. The summed E-state index contributed by atoms with van der Waals surface area (Å²) in [5.74, 6) is 0.942. The molecule has 1 heterocycles. The largest absolute Gasteiger partial charge is 0.467 e. The summed E-state index contributed by atoms with van der Waals surface area (Å²) >= 11 is 0. The first-order valence-electron chi connectivity index (χ1n) is 6.26. The number of hydrogen-bond donors (Lipinski definition) is 1. The quantitative estimate of drug-likeness (QED) is 0.775.